The zero-order valence-electron chi connectivity index (χ0n) is 9.75. The molecule has 2 rings (SSSR count). The van der Waals surface area contributed by atoms with Crippen LogP contribution in [-0.2, 0) is 5.60 Å². The minimum absolute atomic E-state index is 0.268. The topological polar surface area (TPSA) is 20.2 Å². The molecule has 1 aliphatic carbocycles. The van der Waals surface area contributed by atoms with Crippen molar-refractivity contribution in [1.29, 1.82) is 0 Å². The zero-order chi connectivity index (χ0) is 11.6. The molecular weight excluding hydrogens is 203 g/mol. The molecule has 1 aromatic carbocycles. The van der Waals surface area contributed by atoms with E-state index < -0.39 is 5.60 Å². The third-order valence-electron chi connectivity index (χ3n) is 3.61. The van der Waals surface area contributed by atoms with Crippen molar-refractivity contribution in [2.75, 3.05) is 0 Å². The number of benzene rings is 1. The molecule has 1 unspecified atom stereocenters. The maximum Gasteiger partial charge on any atom is 0.123 e. The van der Waals surface area contributed by atoms with E-state index in [1.807, 2.05) is 13.0 Å². The van der Waals surface area contributed by atoms with Crippen molar-refractivity contribution in [3.05, 3.63) is 35.6 Å². The van der Waals surface area contributed by atoms with Gasteiger partial charge >= 0.3 is 0 Å². The molecule has 0 saturated heterocycles. The van der Waals surface area contributed by atoms with Crippen LogP contribution in [-0.4, -0.2) is 5.11 Å². The summed E-state index contributed by atoms with van der Waals surface area (Å²) in [5.41, 5.74) is -0.124. The van der Waals surface area contributed by atoms with E-state index in [1.165, 1.54) is 25.0 Å². The molecule has 1 aromatic rings. The Labute approximate surface area is 96.3 Å². The van der Waals surface area contributed by atoms with Crippen molar-refractivity contribution in [2.24, 2.45) is 5.92 Å². The summed E-state index contributed by atoms with van der Waals surface area (Å²) < 4.78 is 13.1. The van der Waals surface area contributed by atoms with E-state index in [0.717, 1.165) is 24.3 Å². The van der Waals surface area contributed by atoms with Crippen LogP contribution in [0, 0.1) is 11.7 Å². The van der Waals surface area contributed by atoms with Gasteiger partial charge < -0.3 is 5.11 Å². The van der Waals surface area contributed by atoms with Crippen LogP contribution in [0.4, 0.5) is 4.39 Å². The number of hydrogen-bond acceptors (Lipinski definition) is 1. The van der Waals surface area contributed by atoms with Gasteiger partial charge in [-0.2, -0.15) is 0 Å². The molecule has 2 heteroatoms. The molecular formula is C14H19FO. The van der Waals surface area contributed by atoms with E-state index in [4.69, 9.17) is 0 Å². The maximum atomic E-state index is 13.1. The molecule has 0 aromatic heterocycles. The fourth-order valence-electron chi connectivity index (χ4n) is 2.15. The van der Waals surface area contributed by atoms with Crippen LogP contribution in [0.3, 0.4) is 0 Å². The second-order valence-electron chi connectivity index (χ2n) is 4.88. The minimum Gasteiger partial charge on any atom is -0.385 e. The summed E-state index contributed by atoms with van der Waals surface area (Å²) in [4.78, 5) is 0. The van der Waals surface area contributed by atoms with Crippen LogP contribution in [0.1, 0.15) is 44.6 Å². The van der Waals surface area contributed by atoms with Crippen molar-refractivity contribution in [3.63, 3.8) is 0 Å². The summed E-state index contributed by atoms with van der Waals surface area (Å²) >= 11 is 0. The van der Waals surface area contributed by atoms with Crippen LogP contribution in [0.15, 0.2) is 24.3 Å². The van der Waals surface area contributed by atoms with Crippen molar-refractivity contribution in [1.82, 2.24) is 0 Å². The number of hydrogen-bond donors (Lipinski definition) is 1. The van der Waals surface area contributed by atoms with E-state index >= 15 is 0 Å². The predicted octanol–water partition coefficient (Wildman–Crippen LogP) is 3.61. The minimum atomic E-state index is -0.843. The predicted molar refractivity (Wildman–Crippen MR) is 62.5 cm³/mol. The lowest BCUT2D eigenvalue weighted by Crippen LogP contribution is -2.25. The molecule has 1 saturated carbocycles. The first kappa shape index (κ1) is 11.6. The molecule has 1 fully saturated rings. The molecule has 0 amide bonds. The lowest BCUT2D eigenvalue weighted by Gasteiger charge is -2.27. The molecule has 0 aliphatic heterocycles. The van der Waals surface area contributed by atoms with Crippen molar-refractivity contribution >= 4 is 0 Å². The van der Waals surface area contributed by atoms with Crippen LogP contribution in [0.2, 0.25) is 0 Å². The van der Waals surface area contributed by atoms with E-state index in [2.05, 4.69) is 0 Å². The quantitative estimate of drug-likeness (QED) is 0.806. The molecule has 0 radical (unpaired) electrons. The lowest BCUT2D eigenvalue weighted by molar-refractivity contribution is 0.0196. The smallest absolute Gasteiger partial charge is 0.123 e. The first-order chi connectivity index (χ1) is 7.64. The Morgan fingerprint density at radius 2 is 2.19 bits per heavy atom. The molecule has 0 spiro atoms. The van der Waals surface area contributed by atoms with Gasteiger partial charge in [-0.25, -0.2) is 4.39 Å². The fourth-order valence-corrected chi connectivity index (χ4v) is 2.15. The average Bonchev–Trinajstić information content (AvgIpc) is 3.10. The highest BCUT2D eigenvalue weighted by Crippen LogP contribution is 2.39. The van der Waals surface area contributed by atoms with E-state index in [-0.39, 0.29) is 5.82 Å². The Morgan fingerprint density at radius 1 is 1.44 bits per heavy atom. The van der Waals surface area contributed by atoms with Gasteiger partial charge in [0.1, 0.15) is 5.82 Å². The molecule has 16 heavy (non-hydrogen) atoms. The van der Waals surface area contributed by atoms with Crippen LogP contribution in [0.25, 0.3) is 0 Å². The normalized spacial score (nSPS) is 19.4. The summed E-state index contributed by atoms with van der Waals surface area (Å²) in [5, 5.41) is 10.5. The Balaban J connectivity index is 2.11. The van der Waals surface area contributed by atoms with Gasteiger partial charge in [0.15, 0.2) is 0 Å². The highest BCUT2D eigenvalue weighted by molar-refractivity contribution is 5.23. The third kappa shape index (κ3) is 2.62. The Hall–Kier alpha value is -0.890. The average molecular weight is 222 g/mol. The largest absolute Gasteiger partial charge is 0.385 e. The first-order valence-electron chi connectivity index (χ1n) is 6.12. The van der Waals surface area contributed by atoms with Crippen molar-refractivity contribution < 1.29 is 9.50 Å². The van der Waals surface area contributed by atoms with Gasteiger partial charge in [-0.1, -0.05) is 31.9 Å². The highest BCUT2D eigenvalue weighted by Gasteiger charge is 2.31. The van der Waals surface area contributed by atoms with Gasteiger partial charge in [-0.3, -0.25) is 0 Å². The van der Waals surface area contributed by atoms with E-state index in [0.29, 0.717) is 6.42 Å². The number of halogens is 1. The Morgan fingerprint density at radius 3 is 2.75 bits per heavy atom. The molecule has 0 heterocycles. The molecule has 0 bridgehead atoms. The van der Waals surface area contributed by atoms with Gasteiger partial charge in [0.05, 0.1) is 5.60 Å². The standard InChI is InChI=1S/C14H19FO/c1-2-14(16,9-8-11-6-7-11)12-4-3-5-13(15)10-12/h3-5,10-11,16H,2,6-9H2,1H3. The SMILES string of the molecule is CCC(O)(CCC1CC1)c1cccc(F)c1. The van der Waals surface area contributed by atoms with E-state index in [1.54, 1.807) is 6.07 Å². The molecule has 88 valence electrons. The summed E-state index contributed by atoms with van der Waals surface area (Å²) in [6, 6.07) is 6.36. The fraction of sp³-hybridized carbons (Fsp3) is 0.571. The Kier molecular flexibility index (Phi) is 3.29. The summed E-state index contributed by atoms with van der Waals surface area (Å²) in [6.45, 7) is 1.96. The van der Waals surface area contributed by atoms with E-state index in [9.17, 15) is 9.50 Å². The third-order valence-corrected chi connectivity index (χ3v) is 3.61. The Bertz CT molecular complexity index is 360. The van der Waals surface area contributed by atoms with Gasteiger partial charge in [0.2, 0.25) is 0 Å². The monoisotopic (exact) mass is 222 g/mol. The second-order valence-corrected chi connectivity index (χ2v) is 4.88. The van der Waals surface area contributed by atoms with Gasteiger partial charge in [-0.05, 0) is 42.9 Å². The van der Waals surface area contributed by atoms with Gasteiger partial charge in [0.25, 0.3) is 0 Å². The highest BCUT2D eigenvalue weighted by atomic mass is 19.1. The van der Waals surface area contributed by atoms with Crippen LogP contribution in [0.5, 0.6) is 0 Å². The summed E-state index contributed by atoms with van der Waals surface area (Å²) in [5.74, 6) is 0.530. The van der Waals surface area contributed by atoms with Gasteiger partial charge in [0, 0.05) is 0 Å². The van der Waals surface area contributed by atoms with Crippen molar-refractivity contribution in [3.8, 4) is 0 Å². The lowest BCUT2D eigenvalue weighted by atomic mass is 9.86. The molecule has 1 nitrogen and oxygen atoms in total. The summed E-state index contributed by atoms with van der Waals surface area (Å²) in [7, 11) is 0. The summed E-state index contributed by atoms with van der Waals surface area (Å²) in [6.07, 6.45) is 5.04. The number of rotatable bonds is 5. The van der Waals surface area contributed by atoms with Gasteiger partial charge in [-0.15, -0.1) is 0 Å². The molecule has 1 N–H and O–H groups in total. The molecule has 1 aliphatic rings. The maximum absolute atomic E-state index is 13.1. The zero-order valence-corrected chi connectivity index (χ0v) is 9.75. The second kappa shape index (κ2) is 4.54. The van der Waals surface area contributed by atoms with Crippen LogP contribution >= 0.6 is 0 Å². The number of aliphatic hydroxyl groups is 1. The van der Waals surface area contributed by atoms with Crippen LogP contribution < -0.4 is 0 Å². The van der Waals surface area contributed by atoms with Crippen molar-refractivity contribution in [2.45, 2.75) is 44.6 Å². The molecule has 1 atom stereocenters. The first-order valence-corrected chi connectivity index (χ1v) is 6.12.